The number of rotatable bonds is 5. The van der Waals surface area contributed by atoms with Crippen molar-refractivity contribution in [2.45, 2.75) is 17.7 Å². The third-order valence-corrected chi connectivity index (χ3v) is 9.03. The number of hydrogen-bond acceptors (Lipinski definition) is 6. The van der Waals surface area contributed by atoms with Crippen LogP contribution in [0.2, 0.25) is 5.02 Å². The first kappa shape index (κ1) is 23.7. The molecule has 1 aliphatic heterocycles. The molecule has 1 amide bonds. The van der Waals surface area contributed by atoms with Gasteiger partial charge in [-0.1, -0.05) is 22.9 Å². The van der Waals surface area contributed by atoms with Crippen molar-refractivity contribution in [3.8, 4) is 11.5 Å². The van der Waals surface area contributed by atoms with Crippen molar-refractivity contribution in [2.24, 2.45) is 18.0 Å². The second kappa shape index (κ2) is 9.46. The predicted molar refractivity (Wildman–Crippen MR) is 127 cm³/mol. The molecule has 33 heavy (non-hydrogen) atoms. The molecule has 1 aromatic heterocycles. The van der Waals surface area contributed by atoms with Crippen molar-refractivity contribution in [3.05, 3.63) is 46.2 Å². The molecule has 8 nitrogen and oxygen atoms in total. The molecule has 0 radical (unpaired) electrons. The zero-order valence-electron chi connectivity index (χ0n) is 18.4. The maximum atomic E-state index is 12.9. The smallest absolute Gasteiger partial charge is 0.251 e. The number of halogens is 1. The van der Waals surface area contributed by atoms with Crippen LogP contribution in [0.15, 0.2) is 46.3 Å². The second-order valence-corrected chi connectivity index (χ2v) is 11.1. The molecule has 1 saturated heterocycles. The molecule has 2 heterocycles. The Morgan fingerprint density at radius 3 is 2.30 bits per heavy atom. The van der Waals surface area contributed by atoms with Crippen LogP contribution in [0.3, 0.4) is 0 Å². The van der Waals surface area contributed by atoms with E-state index in [0.717, 1.165) is 10.2 Å². The summed E-state index contributed by atoms with van der Waals surface area (Å²) in [5.74, 6) is 0.653. The van der Waals surface area contributed by atoms with Crippen molar-refractivity contribution in [1.82, 2.24) is 8.87 Å². The number of aromatic nitrogens is 1. The normalized spacial score (nSPS) is 16.3. The zero-order valence-corrected chi connectivity index (χ0v) is 20.8. The Labute approximate surface area is 201 Å². The van der Waals surface area contributed by atoms with E-state index in [1.54, 1.807) is 26.4 Å². The molecule has 0 aliphatic carbocycles. The molecule has 11 heteroatoms. The predicted octanol–water partition coefficient (Wildman–Crippen LogP) is 3.44. The van der Waals surface area contributed by atoms with Gasteiger partial charge in [-0.05, 0) is 37.1 Å². The van der Waals surface area contributed by atoms with Crippen LogP contribution < -0.4 is 14.3 Å². The largest absolute Gasteiger partial charge is 0.493 e. The van der Waals surface area contributed by atoms with Gasteiger partial charge in [0, 0.05) is 43.2 Å². The minimum absolute atomic E-state index is 0.199. The highest BCUT2D eigenvalue weighted by Crippen LogP contribution is 2.33. The average molecular weight is 510 g/mol. The number of carbonyl (C=O) groups excluding carboxylic acids is 1. The topological polar surface area (TPSA) is 90.2 Å². The molecule has 0 spiro atoms. The van der Waals surface area contributed by atoms with Gasteiger partial charge in [0.25, 0.3) is 5.91 Å². The number of piperidine rings is 1. The maximum absolute atomic E-state index is 12.9. The first-order chi connectivity index (χ1) is 15.7. The highest BCUT2D eigenvalue weighted by Gasteiger charge is 2.32. The van der Waals surface area contributed by atoms with Crippen LogP contribution in [-0.2, 0) is 21.9 Å². The molecule has 0 atom stereocenters. The van der Waals surface area contributed by atoms with E-state index in [0.29, 0.717) is 34.2 Å². The fourth-order valence-electron chi connectivity index (χ4n) is 3.85. The molecule has 1 aliphatic rings. The van der Waals surface area contributed by atoms with Crippen LogP contribution in [0.5, 0.6) is 11.5 Å². The number of nitrogens with zero attached hydrogens (tertiary/aromatic N) is 3. The maximum Gasteiger partial charge on any atom is 0.251 e. The Bertz CT molecular complexity index is 1360. The monoisotopic (exact) mass is 509 g/mol. The van der Waals surface area contributed by atoms with Gasteiger partial charge in [-0.25, -0.2) is 8.42 Å². The van der Waals surface area contributed by atoms with E-state index in [9.17, 15) is 13.2 Å². The number of hydrogen-bond donors (Lipinski definition) is 0. The summed E-state index contributed by atoms with van der Waals surface area (Å²) in [4.78, 5) is 18.0. The summed E-state index contributed by atoms with van der Waals surface area (Å²) in [5.41, 5.74) is 0.882. The lowest BCUT2D eigenvalue weighted by atomic mass is 9.98. The number of aryl methyl sites for hydroxylation is 1. The van der Waals surface area contributed by atoms with Crippen LogP contribution in [-0.4, -0.2) is 50.5 Å². The molecule has 4 rings (SSSR count). The van der Waals surface area contributed by atoms with Crippen molar-refractivity contribution in [2.75, 3.05) is 27.3 Å². The van der Waals surface area contributed by atoms with Crippen molar-refractivity contribution in [1.29, 1.82) is 0 Å². The minimum atomic E-state index is -3.62. The van der Waals surface area contributed by atoms with E-state index >= 15 is 0 Å². The number of ether oxygens (including phenoxy) is 2. The van der Waals surface area contributed by atoms with Crippen LogP contribution in [0, 0.1) is 5.92 Å². The molecular formula is C22H24ClN3O5S2. The SMILES string of the molecule is COc1cc2sc(=NC(=O)C3CCN(S(=O)(=O)c4ccc(Cl)cc4)CC3)n(C)c2cc1OC. The van der Waals surface area contributed by atoms with Gasteiger partial charge in [-0.3, -0.25) is 4.79 Å². The summed E-state index contributed by atoms with van der Waals surface area (Å²) in [6, 6.07) is 9.82. The number of amides is 1. The Kier molecular flexibility index (Phi) is 6.81. The van der Waals surface area contributed by atoms with Crippen molar-refractivity contribution >= 4 is 49.1 Å². The molecule has 2 aromatic carbocycles. The van der Waals surface area contributed by atoms with Gasteiger partial charge in [0.2, 0.25) is 10.0 Å². The average Bonchev–Trinajstić information content (AvgIpc) is 3.12. The molecule has 0 saturated carbocycles. The summed E-state index contributed by atoms with van der Waals surface area (Å²) >= 11 is 7.26. The van der Waals surface area contributed by atoms with Gasteiger partial charge in [0.15, 0.2) is 16.3 Å². The standard InChI is InChI=1S/C22H24ClN3O5S2/c1-25-17-12-18(30-2)19(31-3)13-20(17)32-22(25)24-21(27)14-8-10-26(11-9-14)33(28,29)16-6-4-15(23)5-7-16/h4-7,12-14H,8-11H2,1-3H3. The zero-order chi connectivity index (χ0) is 23.8. The minimum Gasteiger partial charge on any atom is -0.493 e. The summed E-state index contributed by atoms with van der Waals surface area (Å²) < 4.78 is 40.6. The molecule has 3 aromatic rings. The third-order valence-electron chi connectivity index (χ3n) is 5.78. The Hall–Kier alpha value is -2.40. The van der Waals surface area contributed by atoms with Crippen LogP contribution in [0.4, 0.5) is 0 Å². The van der Waals surface area contributed by atoms with E-state index in [1.807, 2.05) is 23.7 Å². The molecular weight excluding hydrogens is 486 g/mol. The van der Waals surface area contributed by atoms with Crippen LogP contribution in [0.1, 0.15) is 12.8 Å². The number of benzene rings is 2. The fraction of sp³-hybridized carbons (Fsp3) is 0.364. The molecule has 0 unspecified atom stereocenters. The Morgan fingerprint density at radius 1 is 1.09 bits per heavy atom. The molecule has 176 valence electrons. The Balaban J connectivity index is 1.52. The van der Waals surface area contributed by atoms with Crippen molar-refractivity contribution in [3.63, 3.8) is 0 Å². The van der Waals surface area contributed by atoms with Gasteiger partial charge in [0.05, 0.1) is 29.3 Å². The lowest BCUT2D eigenvalue weighted by molar-refractivity contribution is -0.122. The van der Waals surface area contributed by atoms with Gasteiger partial charge in [-0.15, -0.1) is 0 Å². The first-order valence-corrected chi connectivity index (χ1v) is 12.9. The summed E-state index contributed by atoms with van der Waals surface area (Å²) in [6.07, 6.45) is 0.844. The number of methoxy groups -OCH3 is 2. The highest BCUT2D eigenvalue weighted by atomic mass is 35.5. The third kappa shape index (κ3) is 4.65. The van der Waals surface area contributed by atoms with Gasteiger partial charge in [0.1, 0.15) is 0 Å². The number of sulfonamides is 1. The van der Waals surface area contributed by atoms with E-state index < -0.39 is 10.0 Å². The van der Waals surface area contributed by atoms with Gasteiger partial charge >= 0.3 is 0 Å². The van der Waals surface area contributed by atoms with Gasteiger partial charge in [-0.2, -0.15) is 9.30 Å². The highest BCUT2D eigenvalue weighted by molar-refractivity contribution is 7.89. The molecule has 1 fully saturated rings. The van der Waals surface area contributed by atoms with E-state index in [1.165, 1.54) is 27.8 Å². The molecule has 0 N–H and O–H groups in total. The number of fused-ring (bicyclic) bond motifs is 1. The Morgan fingerprint density at radius 2 is 1.70 bits per heavy atom. The fourth-order valence-corrected chi connectivity index (χ4v) is 6.48. The van der Waals surface area contributed by atoms with E-state index in [4.69, 9.17) is 21.1 Å². The lowest BCUT2D eigenvalue weighted by Crippen LogP contribution is -2.40. The first-order valence-electron chi connectivity index (χ1n) is 10.3. The second-order valence-electron chi connectivity index (χ2n) is 7.70. The van der Waals surface area contributed by atoms with Crippen LogP contribution >= 0.6 is 22.9 Å². The quantitative estimate of drug-likeness (QED) is 0.525. The number of thiazole rings is 1. The number of carbonyl (C=O) groups is 1. The summed E-state index contributed by atoms with van der Waals surface area (Å²) in [6.45, 7) is 0.535. The van der Waals surface area contributed by atoms with E-state index in [-0.39, 0.29) is 29.8 Å². The summed E-state index contributed by atoms with van der Waals surface area (Å²) in [5, 5.41) is 0.478. The van der Waals surface area contributed by atoms with Crippen LogP contribution in [0.25, 0.3) is 10.2 Å². The van der Waals surface area contributed by atoms with Crippen molar-refractivity contribution < 1.29 is 22.7 Å². The summed E-state index contributed by atoms with van der Waals surface area (Å²) in [7, 11) is 1.38. The lowest BCUT2D eigenvalue weighted by Gasteiger charge is -2.29. The molecule has 0 bridgehead atoms. The van der Waals surface area contributed by atoms with E-state index in [2.05, 4.69) is 4.99 Å². The van der Waals surface area contributed by atoms with Gasteiger partial charge < -0.3 is 14.0 Å².